The minimum atomic E-state index is 0.648. The van der Waals surface area contributed by atoms with Crippen LogP contribution >= 0.6 is 11.6 Å². The fraction of sp³-hybridized carbons (Fsp3) is 0.583. The minimum Gasteiger partial charge on any atom is -0.296 e. The monoisotopic (exact) mass is 224 g/mol. The van der Waals surface area contributed by atoms with Gasteiger partial charge in [-0.05, 0) is 32.4 Å². The van der Waals surface area contributed by atoms with Crippen molar-refractivity contribution in [3.63, 3.8) is 0 Å². The fourth-order valence-corrected chi connectivity index (χ4v) is 2.33. The molecule has 1 aliphatic rings. The Labute approximate surface area is 96.3 Å². The molecular formula is C12H17ClN2. The van der Waals surface area contributed by atoms with Gasteiger partial charge in [0.1, 0.15) is 5.15 Å². The molecule has 15 heavy (non-hydrogen) atoms. The van der Waals surface area contributed by atoms with Crippen molar-refractivity contribution in [2.24, 2.45) is 0 Å². The van der Waals surface area contributed by atoms with E-state index in [1.807, 2.05) is 6.07 Å². The fourth-order valence-electron chi connectivity index (χ4n) is 2.15. The second kappa shape index (κ2) is 4.95. The normalized spacial score (nSPS) is 22.9. The van der Waals surface area contributed by atoms with E-state index in [-0.39, 0.29) is 0 Å². The predicted octanol–water partition coefficient (Wildman–Crippen LogP) is 3.11. The van der Waals surface area contributed by atoms with Gasteiger partial charge >= 0.3 is 0 Å². The number of likely N-dealkylation sites (tertiary alicyclic amines) is 1. The van der Waals surface area contributed by atoms with Crippen LogP contribution in [0.15, 0.2) is 18.3 Å². The van der Waals surface area contributed by atoms with E-state index in [2.05, 4.69) is 22.9 Å². The molecule has 3 heteroatoms. The minimum absolute atomic E-state index is 0.648. The molecule has 1 aromatic rings. The smallest absolute Gasteiger partial charge is 0.133 e. The molecule has 2 rings (SSSR count). The van der Waals surface area contributed by atoms with Gasteiger partial charge in [-0.25, -0.2) is 4.98 Å². The maximum absolute atomic E-state index is 6.05. The van der Waals surface area contributed by atoms with Gasteiger partial charge < -0.3 is 0 Å². The van der Waals surface area contributed by atoms with Crippen LogP contribution in [0.5, 0.6) is 0 Å². The molecule has 0 spiro atoms. The predicted molar refractivity (Wildman–Crippen MR) is 63.0 cm³/mol. The van der Waals surface area contributed by atoms with Crippen LogP contribution in [-0.4, -0.2) is 22.5 Å². The summed E-state index contributed by atoms with van der Waals surface area (Å²) in [7, 11) is 0. The first-order valence-corrected chi connectivity index (χ1v) is 5.98. The third-order valence-corrected chi connectivity index (χ3v) is 3.49. The second-order valence-electron chi connectivity index (χ2n) is 4.27. The van der Waals surface area contributed by atoms with Crippen LogP contribution in [-0.2, 0) is 6.54 Å². The van der Waals surface area contributed by atoms with Crippen molar-refractivity contribution in [2.75, 3.05) is 6.54 Å². The summed E-state index contributed by atoms with van der Waals surface area (Å²) >= 11 is 6.05. The van der Waals surface area contributed by atoms with Crippen LogP contribution in [0, 0.1) is 0 Å². The Morgan fingerprint density at radius 2 is 2.40 bits per heavy atom. The third kappa shape index (κ3) is 2.70. The van der Waals surface area contributed by atoms with Crippen LogP contribution in [0.25, 0.3) is 0 Å². The number of piperidine rings is 1. The highest BCUT2D eigenvalue weighted by Gasteiger charge is 2.18. The highest BCUT2D eigenvalue weighted by molar-refractivity contribution is 6.30. The number of halogens is 1. The van der Waals surface area contributed by atoms with Crippen LogP contribution in [0.2, 0.25) is 5.15 Å². The molecule has 0 radical (unpaired) electrons. The lowest BCUT2D eigenvalue weighted by Gasteiger charge is -2.33. The van der Waals surface area contributed by atoms with E-state index in [4.69, 9.17) is 11.6 Å². The molecule has 2 nitrogen and oxygen atoms in total. The van der Waals surface area contributed by atoms with Gasteiger partial charge in [0, 0.05) is 24.3 Å². The summed E-state index contributed by atoms with van der Waals surface area (Å²) in [5.74, 6) is 0. The summed E-state index contributed by atoms with van der Waals surface area (Å²) in [6, 6.07) is 4.70. The van der Waals surface area contributed by atoms with E-state index in [9.17, 15) is 0 Å². The molecule has 0 aromatic carbocycles. The summed E-state index contributed by atoms with van der Waals surface area (Å²) in [6.07, 6.45) is 5.71. The van der Waals surface area contributed by atoms with E-state index >= 15 is 0 Å². The quantitative estimate of drug-likeness (QED) is 0.718. The first-order chi connectivity index (χ1) is 7.27. The zero-order valence-corrected chi connectivity index (χ0v) is 9.87. The summed E-state index contributed by atoms with van der Waals surface area (Å²) in [5, 5.41) is 0.648. The molecular weight excluding hydrogens is 208 g/mol. The molecule has 0 bridgehead atoms. The molecule has 0 aliphatic carbocycles. The van der Waals surface area contributed by atoms with Gasteiger partial charge in [0.2, 0.25) is 0 Å². The Balaban J connectivity index is 2.04. The van der Waals surface area contributed by atoms with Crippen LogP contribution in [0.4, 0.5) is 0 Å². The number of hydrogen-bond acceptors (Lipinski definition) is 2. The van der Waals surface area contributed by atoms with Crippen molar-refractivity contribution < 1.29 is 0 Å². The van der Waals surface area contributed by atoms with Gasteiger partial charge in [0.25, 0.3) is 0 Å². The maximum atomic E-state index is 6.05. The average molecular weight is 225 g/mol. The van der Waals surface area contributed by atoms with Crippen molar-refractivity contribution in [2.45, 2.75) is 38.8 Å². The van der Waals surface area contributed by atoms with Crippen molar-refractivity contribution in [3.05, 3.63) is 29.0 Å². The van der Waals surface area contributed by atoms with E-state index in [1.54, 1.807) is 6.20 Å². The molecule has 1 unspecified atom stereocenters. The molecule has 1 fully saturated rings. The molecule has 1 aromatic heterocycles. The lowest BCUT2D eigenvalue weighted by Crippen LogP contribution is -2.36. The molecule has 1 saturated heterocycles. The zero-order chi connectivity index (χ0) is 10.7. The topological polar surface area (TPSA) is 16.1 Å². The van der Waals surface area contributed by atoms with Gasteiger partial charge in [0.05, 0.1) is 0 Å². The van der Waals surface area contributed by atoms with Gasteiger partial charge in [-0.1, -0.05) is 24.1 Å². The van der Waals surface area contributed by atoms with Gasteiger partial charge in [-0.15, -0.1) is 0 Å². The molecule has 2 heterocycles. The maximum Gasteiger partial charge on any atom is 0.133 e. The molecule has 82 valence electrons. The van der Waals surface area contributed by atoms with Crippen LogP contribution < -0.4 is 0 Å². The van der Waals surface area contributed by atoms with Crippen LogP contribution in [0.3, 0.4) is 0 Å². The standard InChI is InChI=1S/C12H17ClN2/c1-10-5-2-3-8-15(10)9-11-6-4-7-14-12(11)13/h4,6-7,10H,2-3,5,8-9H2,1H3. The molecule has 0 N–H and O–H groups in total. The van der Waals surface area contributed by atoms with E-state index in [0.717, 1.165) is 12.1 Å². The Kier molecular flexibility index (Phi) is 3.60. The summed E-state index contributed by atoms with van der Waals surface area (Å²) in [4.78, 5) is 6.60. The summed E-state index contributed by atoms with van der Waals surface area (Å²) in [5.41, 5.74) is 1.15. The Bertz CT molecular complexity index is 327. The van der Waals surface area contributed by atoms with Gasteiger partial charge in [-0.2, -0.15) is 0 Å². The number of rotatable bonds is 2. The van der Waals surface area contributed by atoms with Crippen LogP contribution in [0.1, 0.15) is 31.7 Å². The number of aromatic nitrogens is 1. The lowest BCUT2D eigenvalue weighted by molar-refractivity contribution is 0.152. The average Bonchev–Trinajstić information content (AvgIpc) is 2.24. The Hall–Kier alpha value is -0.600. The van der Waals surface area contributed by atoms with Crippen molar-refractivity contribution in [1.29, 1.82) is 0 Å². The second-order valence-corrected chi connectivity index (χ2v) is 4.63. The third-order valence-electron chi connectivity index (χ3n) is 3.15. The largest absolute Gasteiger partial charge is 0.296 e. The van der Waals surface area contributed by atoms with Crippen molar-refractivity contribution in [3.8, 4) is 0 Å². The Morgan fingerprint density at radius 1 is 1.53 bits per heavy atom. The van der Waals surface area contributed by atoms with Gasteiger partial charge in [0.15, 0.2) is 0 Å². The lowest BCUT2D eigenvalue weighted by atomic mass is 10.0. The summed E-state index contributed by atoms with van der Waals surface area (Å²) in [6.45, 7) is 4.42. The number of hydrogen-bond donors (Lipinski definition) is 0. The number of pyridine rings is 1. The first kappa shape index (κ1) is 10.9. The van der Waals surface area contributed by atoms with Gasteiger partial charge in [-0.3, -0.25) is 4.90 Å². The molecule has 1 atom stereocenters. The highest BCUT2D eigenvalue weighted by atomic mass is 35.5. The van der Waals surface area contributed by atoms with Crippen molar-refractivity contribution >= 4 is 11.6 Å². The van der Waals surface area contributed by atoms with E-state index < -0.39 is 0 Å². The van der Waals surface area contributed by atoms with Crippen molar-refractivity contribution in [1.82, 2.24) is 9.88 Å². The molecule has 0 amide bonds. The molecule has 1 aliphatic heterocycles. The zero-order valence-electron chi connectivity index (χ0n) is 9.12. The number of nitrogens with zero attached hydrogens (tertiary/aromatic N) is 2. The SMILES string of the molecule is CC1CCCCN1Cc1cccnc1Cl. The first-order valence-electron chi connectivity index (χ1n) is 5.61. The van der Waals surface area contributed by atoms with E-state index in [0.29, 0.717) is 11.2 Å². The summed E-state index contributed by atoms with van der Waals surface area (Å²) < 4.78 is 0. The Morgan fingerprint density at radius 3 is 3.13 bits per heavy atom. The molecule has 0 saturated carbocycles. The highest BCUT2D eigenvalue weighted by Crippen LogP contribution is 2.21. The van der Waals surface area contributed by atoms with E-state index in [1.165, 1.54) is 25.8 Å².